The van der Waals surface area contributed by atoms with E-state index < -0.39 is 5.25 Å². The molecule has 29 heavy (non-hydrogen) atoms. The van der Waals surface area contributed by atoms with Gasteiger partial charge in [-0.1, -0.05) is 30.0 Å². The fraction of sp³-hybridized carbons (Fsp3) is 0.250. The predicted molar refractivity (Wildman–Crippen MR) is 115 cm³/mol. The highest BCUT2D eigenvalue weighted by atomic mass is 32.2. The molecule has 1 atom stereocenters. The van der Waals surface area contributed by atoms with Gasteiger partial charge in [0, 0.05) is 6.42 Å². The Bertz CT molecular complexity index is 964. The Kier molecular flexibility index (Phi) is 5.59. The second-order valence-corrected chi connectivity index (χ2v) is 8.16. The molecule has 2 aliphatic heterocycles. The number of anilines is 2. The predicted octanol–water partition coefficient (Wildman–Crippen LogP) is 3.23. The number of carbonyl (C=O) groups is 2. The molecule has 150 valence electrons. The molecule has 7 nitrogen and oxygen atoms in total. The van der Waals surface area contributed by atoms with Gasteiger partial charge in [0.2, 0.25) is 11.8 Å². The molecular weight excluding hydrogens is 412 g/mol. The molecule has 0 aliphatic carbocycles. The van der Waals surface area contributed by atoms with Crippen molar-refractivity contribution in [2.45, 2.75) is 11.7 Å². The molecule has 2 aliphatic rings. The van der Waals surface area contributed by atoms with Gasteiger partial charge in [-0.25, -0.2) is 0 Å². The average molecular weight is 431 g/mol. The summed E-state index contributed by atoms with van der Waals surface area (Å²) in [6.45, 7) is 0.887. The van der Waals surface area contributed by atoms with Crippen molar-refractivity contribution in [1.29, 1.82) is 0 Å². The van der Waals surface area contributed by atoms with Crippen molar-refractivity contribution < 1.29 is 23.8 Å². The van der Waals surface area contributed by atoms with Crippen LogP contribution in [0.5, 0.6) is 17.2 Å². The van der Waals surface area contributed by atoms with Gasteiger partial charge in [0.1, 0.15) is 28.5 Å². The minimum atomic E-state index is -0.582. The van der Waals surface area contributed by atoms with Crippen LogP contribution >= 0.6 is 24.0 Å². The molecule has 0 bridgehead atoms. The standard InChI is InChI=1S/C20H18N2O5S2/c1-25-13-7-5-12(6-8-13)22-19(24)16(29-20(22)28)11-17(23)21-14-3-2-4-15-18(14)27-10-9-26-15/h2-8,16H,9-11H2,1H3,(H,21,23). The number of thioether (sulfide) groups is 1. The zero-order valence-electron chi connectivity index (χ0n) is 15.5. The van der Waals surface area contributed by atoms with Crippen LogP contribution in [-0.2, 0) is 9.59 Å². The van der Waals surface area contributed by atoms with Crippen LogP contribution in [0.15, 0.2) is 42.5 Å². The molecule has 0 aromatic heterocycles. The monoisotopic (exact) mass is 430 g/mol. The number of benzene rings is 2. The summed E-state index contributed by atoms with van der Waals surface area (Å²) in [6.07, 6.45) is 0.000813. The molecule has 0 radical (unpaired) electrons. The molecular formula is C20H18N2O5S2. The zero-order valence-corrected chi connectivity index (χ0v) is 17.2. The maximum atomic E-state index is 12.9. The molecule has 2 aromatic carbocycles. The molecule has 4 rings (SSSR count). The Morgan fingerprint density at radius 2 is 2.00 bits per heavy atom. The Morgan fingerprint density at radius 3 is 2.76 bits per heavy atom. The molecule has 1 fully saturated rings. The Hall–Kier alpha value is -2.78. The molecule has 9 heteroatoms. The van der Waals surface area contributed by atoms with Gasteiger partial charge in [-0.3, -0.25) is 14.5 Å². The van der Waals surface area contributed by atoms with Gasteiger partial charge in [0.15, 0.2) is 11.5 Å². The van der Waals surface area contributed by atoms with Crippen molar-refractivity contribution in [3.63, 3.8) is 0 Å². The lowest BCUT2D eigenvalue weighted by Crippen LogP contribution is -2.32. The lowest BCUT2D eigenvalue weighted by Gasteiger charge is -2.21. The lowest BCUT2D eigenvalue weighted by atomic mass is 10.2. The number of rotatable bonds is 5. The van der Waals surface area contributed by atoms with Crippen LogP contribution in [0.4, 0.5) is 11.4 Å². The number of para-hydroxylation sites is 1. The molecule has 2 amide bonds. The number of fused-ring (bicyclic) bond motifs is 1. The lowest BCUT2D eigenvalue weighted by molar-refractivity contribution is -0.121. The molecule has 0 spiro atoms. The van der Waals surface area contributed by atoms with E-state index in [9.17, 15) is 9.59 Å². The number of carbonyl (C=O) groups excluding carboxylic acids is 2. The maximum Gasteiger partial charge on any atom is 0.246 e. The number of nitrogens with one attached hydrogen (secondary N) is 1. The van der Waals surface area contributed by atoms with Gasteiger partial charge in [0.25, 0.3) is 0 Å². The quantitative estimate of drug-likeness (QED) is 0.730. The smallest absolute Gasteiger partial charge is 0.246 e. The summed E-state index contributed by atoms with van der Waals surface area (Å²) < 4.78 is 16.7. The summed E-state index contributed by atoms with van der Waals surface area (Å²) >= 11 is 6.58. The van der Waals surface area contributed by atoms with Crippen LogP contribution in [0.1, 0.15) is 6.42 Å². The molecule has 0 saturated carbocycles. The fourth-order valence-electron chi connectivity index (χ4n) is 3.09. The number of thiocarbonyl (C=S) groups is 1. The number of nitrogens with zero attached hydrogens (tertiary/aromatic N) is 1. The Balaban J connectivity index is 1.44. The van der Waals surface area contributed by atoms with E-state index in [1.54, 1.807) is 49.6 Å². The zero-order chi connectivity index (χ0) is 20.4. The Morgan fingerprint density at radius 1 is 1.24 bits per heavy atom. The summed E-state index contributed by atoms with van der Waals surface area (Å²) in [7, 11) is 1.58. The summed E-state index contributed by atoms with van der Waals surface area (Å²) in [5.74, 6) is 1.28. The SMILES string of the molecule is COc1ccc(N2C(=O)C(CC(=O)Nc3cccc4c3OCCO4)SC2=S)cc1. The summed E-state index contributed by atoms with van der Waals surface area (Å²) in [6, 6.07) is 12.3. The third-order valence-electron chi connectivity index (χ3n) is 4.46. The van der Waals surface area contributed by atoms with Gasteiger partial charge in [-0.05, 0) is 36.4 Å². The number of ether oxygens (including phenoxy) is 3. The highest BCUT2D eigenvalue weighted by Crippen LogP contribution is 2.38. The van der Waals surface area contributed by atoms with E-state index in [0.29, 0.717) is 46.2 Å². The molecule has 1 N–H and O–H groups in total. The van der Waals surface area contributed by atoms with E-state index in [1.807, 2.05) is 0 Å². The number of hydrogen-bond acceptors (Lipinski definition) is 7. The second kappa shape index (κ2) is 8.30. The largest absolute Gasteiger partial charge is 0.497 e. The third kappa shape index (κ3) is 4.01. The number of amides is 2. The first-order valence-corrected chi connectivity index (χ1v) is 10.2. The first-order chi connectivity index (χ1) is 14.1. The molecule has 1 saturated heterocycles. The van der Waals surface area contributed by atoms with E-state index in [-0.39, 0.29) is 18.2 Å². The van der Waals surface area contributed by atoms with Crippen LogP contribution in [0.2, 0.25) is 0 Å². The second-order valence-electron chi connectivity index (χ2n) is 6.33. The summed E-state index contributed by atoms with van der Waals surface area (Å²) in [5.41, 5.74) is 1.18. The summed E-state index contributed by atoms with van der Waals surface area (Å²) in [5, 5.41) is 2.23. The minimum absolute atomic E-state index is 0.000813. The van der Waals surface area contributed by atoms with Crippen molar-refractivity contribution in [1.82, 2.24) is 0 Å². The molecule has 2 aromatic rings. The van der Waals surface area contributed by atoms with E-state index in [0.717, 1.165) is 0 Å². The van der Waals surface area contributed by atoms with Crippen LogP contribution in [-0.4, -0.2) is 41.7 Å². The van der Waals surface area contributed by atoms with E-state index >= 15 is 0 Å². The average Bonchev–Trinajstić information content (AvgIpc) is 3.01. The van der Waals surface area contributed by atoms with E-state index in [4.69, 9.17) is 26.4 Å². The summed E-state index contributed by atoms with van der Waals surface area (Å²) in [4.78, 5) is 26.9. The van der Waals surface area contributed by atoms with Gasteiger partial charge in [-0.15, -0.1) is 0 Å². The van der Waals surface area contributed by atoms with Gasteiger partial charge in [-0.2, -0.15) is 0 Å². The van der Waals surface area contributed by atoms with Crippen LogP contribution in [0, 0.1) is 0 Å². The number of methoxy groups -OCH3 is 1. The van der Waals surface area contributed by atoms with Crippen molar-refractivity contribution >= 4 is 51.5 Å². The minimum Gasteiger partial charge on any atom is -0.497 e. The maximum absolute atomic E-state index is 12.9. The van der Waals surface area contributed by atoms with Crippen molar-refractivity contribution in [3.8, 4) is 17.2 Å². The highest BCUT2D eigenvalue weighted by Gasteiger charge is 2.39. The van der Waals surface area contributed by atoms with Gasteiger partial charge >= 0.3 is 0 Å². The van der Waals surface area contributed by atoms with Crippen LogP contribution in [0.3, 0.4) is 0 Å². The van der Waals surface area contributed by atoms with Crippen LogP contribution in [0.25, 0.3) is 0 Å². The third-order valence-corrected chi connectivity index (χ3v) is 5.97. The molecule has 2 heterocycles. The topological polar surface area (TPSA) is 77.1 Å². The Labute approximate surface area is 177 Å². The highest BCUT2D eigenvalue weighted by molar-refractivity contribution is 8.25. The number of hydrogen-bond donors (Lipinski definition) is 1. The molecule has 1 unspecified atom stereocenters. The van der Waals surface area contributed by atoms with Crippen molar-refractivity contribution in [2.75, 3.05) is 30.5 Å². The van der Waals surface area contributed by atoms with E-state index in [2.05, 4.69) is 5.32 Å². The van der Waals surface area contributed by atoms with Crippen molar-refractivity contribution in [2.24, 2.45) is 0 Å². The fourth-order valence-corrected chi connectivity index (χ4v) is 4.62. The van der Waals surface area contributed by atoms with Crippen molar-refractivity contribution in [3.05, 3.63) is 42.5 Å². The van der Waals surface area contributed by atoms with Crippen LogP contribution < -0.4 is 24.4 Å². The van der Waals surface area contributed by atoms with Gasteiger partial charge < -0.3 is 19.5 Å². The van der Waals surface area contributed by atoms with Gasteiger partial charge in [0.05, 0.1) is 18.5 Å². The van der Waals surface area contributed by atoms with E-state index in [1.165, 1.54) is 16.7 Å². The first-order valence-electron chi connectivity index (χ1n) is 8.94. The first kappa shape index (κ1) is 19.5. The normalized spacial score (nSPS) is 18.0.